The van der Waals surface area contributed by atoms with Gasteiger partial charge < -0.3 is 29.8 Å². The van der Waals surface area contributed by atoms with E-state index < -0.39 is 11.9 Å². The highest BCUT2D eigenvalue weighted by Crippen LogP contribution is 2.38. The predicted octanol–water partition coefficient (Wildman–Crippen LogP) is 3.91. The molecule has 1 atom stereocenters. The number of aromatic nitrogens is 2. The van der Waals surface area contributed by atoms with Gasteiger partial charge in [0.2, 0.25) is 0 Å². The molecule has 9 heteroatoms. The first-order chi connectivity index (χ1) is 17.2. The van der Waals surface area contributed by atoms with Crippen LogP contribution >= 0.6 is 0 Å². The molecule has 2 aromatic heterocycles. The smallest absolute Gasteiger partial charge is 0.257 e. The molecule has 0 saturated heterocycles. The first-order valence-corrected chi connectivity index (χ1v) is 11.9. The number of hydrogen-bond donors (Lipinski definition) is 2. The number of rotatable bonds is 8. The Balaban J connectivity index is 0.00000176. The van der Waals surface area contributed by atoms with Crippen molar-refractivity contribution in [2.24, 2.45) is 0 Å². The third kappa shape index (κ3) is 4.64. The molecule has 3 N–H and O–H groups in total. The molecule has 8 nitrogen and oxygen atoms in total. The van der Waals surface area contributed by atoms with Gasteiger partial charge in [-0.2, -0.15) is 0 Å². The fourth-order valence-corrected chi connectivity index (χ4v) is 4.43. The average Bonchev–Trinajstić information content (AvgIpc) is 3.25. The number of allylic oxidation sites excluding steroid dienone is 1. The summed E-state index contributed by atoms with van der Waals surface area (Å²) in [5, 5.41) is 11.0. The minimum absolute atomic E-state index is 0.0129. The van der Waals surface area contributed by atoms with E-state index in [1.807, 2.05) is 32.7 Å². The SMILES string of the molecule is C=C(CC)N(C)Cc1c2c(nc3cc(F)c(N)cc13)-c1cc(C(O)C=O)c(COC)c(=O)n1C2.CC. The average molecular weight is 497 g/mol. The number of anilines is 1. The number of hydrogen-bond acceptors (Lipinski definition) is 7. The standard InChI is InChI=1S/C25H27FN4O4.C2H6/c1-5-13(2)29(3)9-16-14-6-20(27)19(26)8-21(14)28-24-17(16)10-30-22(24)7-15(23(32)11-31)18(12-34-4)25(30)33;1-2/h6-8,11,23,32H,2,5,9-10,12,27H2,1,3-4H3;1-2H3. The van der Waals surface area contributed by atoms with Crippen molar-refractivity contribution in [1.29, 1.82) is 0 Å². The summed E-state index contributed by atoms with van der Waals surface area (Å²) in [5.41, 5.74) is 9.82. The number of benzene rings is 1. The Labute approximate surface area is 209 Å². The molecule has 192 valence electrons. The Hall–Kier alpha value is -3.56. The molecule has 1 aliphatic heterocycles. The lowest BCUT2D eigenvalue weighted by Crippen LogP contribution is -2.26. The summed E-state index contributed by atoms with van der Waals surface area (Å²) in [7, 11) is 3.35. The molecule has 0 radical (unpaired) electrons. The Kier molecular flexibility index (Phi) is 8.27. The topological polar surface area (TPSA) is 111 Å². The maximum absolute atomic E-state index is 14.4. The van der Waals surface area contributed by atoms with Crippen LogP contribution in [0.25, 0.3) is 22.3 Å². The molecule has 0 amide bonds. The fraction of sp³-hybridized carbons (Fsp3) is 0.370. The number of nitrogens with two attached hydrogens (primary N) is 1. The number of pyridine rings is 2. The van der Waals surface area contributed by atoms with Gasteiger partial charge in [-0.25, -0.2) is 9.37 Å². The van der Waals surface area contributed by atoms with Crippen molar-refractivity contribution in [2.45, 2.75) is 53.0 Å². The van der Waals surface area contributed by atoms with E-state index in [-0.39, 0.29) is 35.5 Å². The highest BCUT2D eigenvalue weighted by atomic mass is 19.1. The van der Waals surface area contributed by atoms with Crippen molar-refractivity contribution in [1.82, 2.24) is 14.5 Å². The molecule has 36 heavy (non-hydrogen) atoms. The van der Waals surface area contributed by atoms with Crippen LogP contribution in [0.1, 0.15) is 55.5 Å². The van der Waals surface area contributed by atoms with E-state index in [4.69, 9.17) is 10.5 Å². The van der Waals surface area contributed by atoms with E-state index >= 15 is 0 Å². The largest absolute Gasteiger partial charge is 0.396 e. The normalized spacial score (nSPS) is 12.4. The van der Waals surface area contributed by atoms with Crippen LogP contribution in [-0.4, -0.2) is 40.0 Å². The van der Waals surface area contributed by atoms with Gasteiger partial charge in [-0.3, -0.25) is 4.79 Å². The summed E-state index contributed by atoms with van der Waals surface area (Å²) in [6.07, 6.45) is -0.362. The van der Waals surface area contributed by atoms with Crippen molar-refractivity contribution in [3.8, 4) is 11.4 Å². The zero-order chi connectivity index (χ0) is 26.7. The second kappa shape index (κ2) is 11.0. The Morgan fingerprint density at radius 2 is 2.06 bits per heavy atom. The number of carbonyl (C=O) groups is 1. The highest BCUT2D eigenvalue weighted by Gasteiger charge is 2.30. The van der Waals surface area contributed by atoms with Crippen molar-refractivity contribution in [3.05, 3.63) is 68.9 Å². The maximum atomic E-state index is 14.4. The van der Waals surface area contributed by atoms with Gasteiger partial charge in [-0.05, 0) is 24.1 Å². The van der Waals surface area contributed by atoms with Crippen LogP contribution in [-0.2, 0) is 29.2 Å². The number of fused-ring (bicyclic) bond motifs is 4. The van der Waals surface area contributed by atoms with Crippen LogP contribution in [0.3, 0.4) is 0 Å². The van der Waals surface area contributed by atoms with E-state index in [1.54, 1.807) is 16.7 Å². The number of aliphatic hydroxyl groups excluding tert-OH is 1. The molecule has 3 aromatic rings. The molecule has 4 rings (SSSR count). The van der Waals surface area contributed by atoms with Crippen LogP contribution in [0, 0.1) is 5.82 Å². The summed E-state index contributed by atoms with van der Waals surface area (Å²) in [6, 6.07) is 4.44. The molecule has 0 saturated carbocycles. The Bertz CT molecular complexity index is 1380. The number of aldehydes is 1. The molecule has 0 bridgehead atoms. The second-order valence-corrected chi connectivity index (χ2v) is 8.45. The van der Waals surface area contributed by atoms with Crippen molar-refractivity contribution >= 4 is 22.9 Å². The van der Waals surface area contributed by atoms with Crippen LogP contribution in [0.5, 0.6) is 0 Å². The Morgan fingerprint density at radius 1 is 1.36 bits per heavy atom. The third-order valence-corrected chi connectivity index (χ3v) is 6.40. The second-order valence-electron chi connectivity index (χ2n) is 8.45. The minimum atomic E-state index is -1.48. The molecule has 0 fully saturated rings. The predicted molar refractivity (Wildman–Crippen MR) is 139 cm³/mol. The Morgan fingerprint density at radius 3 is 2.67 bits per heavy atom. The van der Waals surface area contributed by atoms with Crippen LogP contribution in [0.15, 0.2) is 35.3 Å². The third-order valence-electron chi connectivity index (χ3n) is 6.40. The number of carbonyl (C=O) groups excluding carboxylic acids is 1. The molecule has 1 aliphatic rings. The van der Waals surface area contributed by atoms with Gasteiger partial charge in [0.1, 0.15) is 11.9 Å². The summed E-state index contributed by atoms with van der Waals surface area (Å²) < 4.78 is 21.1. The van der Waals surface area contributed by atoms with Gasteiger partial charge in [0.15, 0.2) is 6.29 Å². The van der Waals surface area contributed by atoms with E-state index in [0.29, 0.717) is 35.1 Å². The lowest BCUT2D eigenvalue weighted by molar-refractivity contribution is -0.115. The zero-order valence-electron chi connectivity index (χ0n) is 21.4. The lowest BCUT2D eigenvalue weighted by atomic mass is 9.98. The van der Waals surface area contributed by atoms with E-state index in [0.717, 1.165) is 23.2 Å². The van der Waals surface area contributed by atoms with Crippen LogP contribution in [0.2, 0.25) is 0 Å². The van der Waals surface area contributed by atoms with Crippen LogP contribution in [0.4, 0.5) is 10.1 Å². The molecule has 1 unspecified atom stereocenters. The van der Waals surface area contributed by atoms with E-state index in [9.17, 15) is 19.1 Å². The molecular weight excluding hydrogens is 463 g/mol. The van der Waals surface area contributed by atoms with Gasteiger partial charge in [-0.1, -0.05) is 27.4 Å². The van der Waals surface area contributed by atoms with Crippen LogP contribution < -0.4 is 11.3 Å². The fourth-order valence-electron chi connectivity index (χ4n) is 4.43. The van der Waals surface area contributed by atoms with Crippen molar-refractivity contribution < 1.29 is 19.0 Å². The van der Waals surface area contributed by atoms with Gasteiger partial charge in [0.25, 0.3) is 5.56 Å². The van der Waals surface area contributed by atoms with Crippen molar-refractivity contribution in [2.75, 3.05) is 19.9 Å². The van der Waals surface area contributed by atoms with Gasteiger partial charge in [-0.15, -0.1) is 0 Å². The molecule has 3 heterocycles. The number of aliphatic hydroxyl groups is 1. The number of halogens is 1. The summed E-state index contributed by atoms with van der Waals surface area (Å²) in [5.74, 6) is -0.583. The number of nitrogen functional groups attached to an aromatic ring is 1. The molecule has 0 aliphatic carbocycles. The summed E-state index contributed by atoms with van der Waals surface area (Å²) in [6.45, 7) is 10.7. The summed E-state index contributed by atoms with van der Waals surface area (Å²) in [4.78, 5) is 31.4. The first-order valence-electron chi connectivity index (χ1n) is 11.9. The lowest BCUT2D eigenvalue weighted by Gasteiger charge is -2.23. The van der Waals surface area contributed by atoms with Gasteiger partial charge in [0, 0.05) is 54.5 Å². The molecule has 0 spiro atoms. The number of methoxy groups -OCH3 is 1. The van der Waals surface area contributed by atoms with E-state index in [1.165, 1.54) is 13.2 Å². The minimum Gasteiger partial charge on any atom is -0.396 e. The summed E-state index contributed by atoms with van der Waals surface area (Å²) >= 11 is 0. The molecule has 1 aromatic carbocycles. The van der Waals surface area contributed by atoms with Crippen molar-refractivity contribution in [3.63, 3.8) is 0 Å². The molecular formula is C27H33FN4O4. The zero-order valence-corrected chi connectivity index (χ0v) is 21.4. The number of nitrogens with zero attached hydrogens (tertiary/aromatic N) is 3. The number of ether oxygens (including phenoxy) is 1. The quantitative estimate of drug-likeness (QED) is 0.281. The van der Waals surface area contributed by atoms with Gasteiger partial charge >= 0.3 is 0 Å². The monoisotopic (exact) mass is 496 g/mol. The first kappa shape index (κ1) is 27.0. The highest BCUT2D eigenvalue weighted by molar-refractivity contribution is 5.90. The van der Waals surface area contributed by atoms with Gasteiger partial charge in [0.05, 0.1) is 35.7 Å². The van der Waals surface area contributed by atoms with E-state index in [2.05, 4.69) is 11.6 Å². The maximum Gasteiger partial charge on any atom is 0.257 e.